The van der Waals surface area contributed by atoms with Crippen molar-refractivity contribution in [1.82, 2.24) is 4.98 Å². The minimum atomic E-state index is -0.776. The molecule has 1 saturated carbocycles. The Morgan fingerprint density at radius 1 is 1.15 bits per heavy atom. The lowest BCUT2D eigenvalue weighted by Crippen LogP contribution is -2.23. The molecule has 1 aliphatic rings. The van der Waals surface area contributed by atoms with E-state index < -0.39 is 18.3 Å². The molecule has 5 atom stereocenters. The van der Waals surface area contributed by atoms with Crippen molar-refractivity contribution in [1.29, 1.82) is 0 Å². The number of carbonyl (C=O) groups is 1. The Morgan fingerprint density at radius 3 is 2.58 bits per heavy atom. The summed E-state index contributed by atoms with van der Waals surface area (Å²) in [5.74, 6) is -0.573. The third-order valence-corrected chi connectivity index (χ3v) is 7.62. The first-order valence-corrected chi connectivity index (χ1v) is 12.9. The maximum absolute atomic E-state index is 13.4. The Balaban J connectivity index is 1.43. The van der Waals surface area contributed by atoms with Gasteiger partial charge in [-0.05, 0) is 69.9 Å². The Bertz CT molecular complexity index is 904. The summed E-state index contributed by atoms with van der Waals surface area (Å²) in [6.45, 7) is 3.68. The predicted octanol–water partition coefficient (Wildman–Crippen LogP) is 4.90. The summed E-state index contributed by atoms with van der Waals surface area (Å²) in [5.41, 5.74) is 0.542. The number of esters is 1. The summed E-state index contributed by atoms with van der Waals surface area (Å²) in [7, 11) is 0. The average Bonchev–Trinajstić information content (AvgIpc) is 3.28. The van der Waals surface area contributed by atoms with Crippen LogP contribution in [0.25, 0.3) is 10.2 Å². The zero-order valence-electron chi connectivity index (χ0n) is 19.5. The van der Waals surface area contributed by atoms with Gasteiger partial charge in [-0.25, -0.2) is 9.37 Å². The highest BCUT2D eigenvalue weighted by Crippen LogP contribution is 2.40. The van der Waals surface area contributed by atoms with E-state index in [0.717, 1.165) is 36.8 Å². The largest absolute Gasteiger partial charge is 0.463 e. The number of thiazole rings is 1. The minimum Gasteiger partial charge on any atom is -0.463 e. The Kier molecular flexibility index (Phi) is 9.61. The normalized spacial score (nSPS) is 24.0. The number of nitrogens with zero attached hydrogens (tertiary/aromatic N) is 1. The molecule has 3 rings (SSSR count). The van der Waals surface area contributed by atoms with Crippen LogP contribution in [0.1, 0.15) is 82.7 Å². The molecule has 1 aromatic heterocycles. The van der Waals surface area contributed by atoms with Gasteiger partial charge in [-0.1, -0.05) is 19.3 Å². The highest BCUT2D eigenvalue weighted by atomic mass is 32.1. The number of ether oxygens (including phenoxy) is 1. The van der Waals surface area contributed by atoms with E-state index in [0.29, 0.717) is 36.2 Å². The van der Waals surface area contributed by atoms with Crippen LogP contribution in [-0.4, -0.2) is 44.6 Å². The lowest BCUT2D eigenvalue weighted by molar-refractivity contribution is -0.147. The van der Waals surface area contributed by atoms with Crippen molar-refractivity contribution in [3.63, 3.8) is 0 Å². The lowest BCUT2D eigenvalue weighted by atomic mass is 9.85. The number of carbonyl (C=O) groups excluding carboxylic acids is 1. The summed E-state index contributed by atoms with van der Waals surface area (Å²) in [4.78, 5) is 16.0. The summed E-state index contributed by atoms with van der Waals surface area (Å²) in [5, 5.41) is 32.1. The maximum atomic E-state index is 13.4. The third-order valence-electron chi connectivity index (χ3n) is 6.48. The molecular formula is C25H36FNO5S. The molecule has 0 radical (unpaired) electrons. The Labute approximate surface area is 198 Å². The van der Waals surface area contributed by atoms with Crippen molar-refractivity contribution in [2.24, 2.45) is 11.8 Å². The van der Waals surface area contributed by atoms with Gasteiger partial charge in [-0.2, -0.15) is 0 Å². The van der Waals surface area contributed by atoms with Gasteiger partial charge >= 0.3 is 5.97 Å². The van der Waals surface area contributed by atoms with Crippen LogP contribution < -0.4 is 0 Å². The fourth-order valence-electron chi connectivity index (χ4n) is 4.84. The number of rotatable bonds is 12. The van der Waals surface area contributed by atoms with Gasteiger partial charge in [-0.3, -0.25) is 4.79 Å². The summed E-state index contributed by atoms with van der Waals surface area (Å²) >= 11 is 1.35. The molecular weight excluding hydrogens is 445 g/mol. The van der Waals surface area contributed by atoms with Crippen molar-refractivity contribution in [3.05, 3.63) is 29.0 Å². The van der Waals surface area contributed by atoms with E-state index in [1.165, 1.54) is 23.5 Å². The number of halogens is 1. The van der Waals surface area contributed by atoms with Crippen LogP contribution in [0.2, 0.25) is 0 Å². The number of hydrogen-bond acceptors (Lipinski definition) is 7. The second-order valence-electron chi connectivity index (χ2n) is 9.45. The van der Waals surface area contributed by atoms with Crippen molar-refractivity contribution >= 4 is 27.5 Å². The zero-order chi connectivity index (χ0) is 24.0. The fourth-order valence-corrected chi connectivity index (χ4v) is 5.81. The van der Waals surface area contributed by atoms with Gasteiger partial charge < -0.3 is 20.1 Å². The van der Waals surface area contributed by atoms with Gasteiger partial charge in [0.2, 0.25) is 0 Å². The molecule has 0 spiro atoms. The average molecular weight is 482 g/mol. The fraction of sp³-hybridized carbons (Fsp3) is 0.680. The van der Waals surface area contributed by atoms with E-state index in [1.807, 2.05) is 13.8 Å². The molecule has 0 saturated heterocycles. The first kappa shape index (κ1) is 26.0. The number of aromatic nitrogens is 1. The predicted molar refractivity (Wildman–Crippen MR) is 126 cm³/mol. The standard InChI is InChI=1S/C25H36FNO5S/c1-15(2)32-24(31)8-6-4-3-5-7-17-18(22(30)14-21(17)29)10-11-20(28)25-27-19-13-16(26)9-12-23(19)33-25/h9,12-13,15,17-18,20-22,28-30H,3-8,10-11,14H2,1-2H3/t17-,18-,20?,21+,22-/m1/s1. The molecule has 1 unspecified atom stereocenters. The minimum absolute atomic E-state index is 0.00238. The zero-order valence-corrected chi connectivity index (χ0v) is 20.3. The van der Waals surface area contributed by atoms with Gasteiger partial charge in [-0.15, -0.1) is 11.3 Å². The van der Waals surface area contributed by atoms with E-state index in [2.05, 4.69) is 4.98 Å². The van der Waals surface area contributed by atoms with Gasteiger partial charge in [0.15, 0.2) is 0 Å². The maximum Gasteiger partial charge on any atom is 0.306 e. The first-order valence-electron chi connectivity index (χ1n) is 12.0. The van der Waals surface area contributed by atoms with E-state index in [9.17, 15) is 24.5 Å². The van der Waals surface area contributed by atoms with Crippen LogP contribution in [-0.2, 0) is 9.53 Å². The number of aliphatic hydroxyl groups excluding tert-OH is 3. The van der Waals surface area contributed by atoms with Crippen LogP contribution in [0.5, 0.6) is 0 Å². The molecule has 33 heavy (non-hydrogen) atoms. The molecule has 3 N–H and O–H groups in total. The number of unbranched alkanes of at least 4 members (excludes halogenated alkanes) is 3. The van der Waals surface area contributed by atoms with Crippen LogP contribution in [0, 0.1) is 17.7 Å². The Morgan fingerprint density at radius 2 is 1.85 bits per heavy atom. The molecule has 0 amide bonds. The van der Waals surface area contributed by atoms with Gasteiger partial charge in [0, 0.05) is 12.5 Å². The van der Waals surface area contributed by atoms with Gasteiger partial charge in [0.25, 0.3) is 0 Å². The van der Waals surface area contributed by atoms with E-state index in [-0.39, 0.29) is 29.7 Å². The smallest absolute Gasteiger partial charge is 0.306 e. The molecule has 1 aromatic carbocycles. The van der Waals surface area contributed by atoms with E-state index >= 15 is 0 Å². The highest BCUT2D eigenvalue weighted by molar-refractivity contribution is 7.18. The first-order chi connectivity index (χ1) is 15.7. The molecule has 184 valence electrons. The molecule has 0 bridgehead atoms. The van der Waals surface area contributed by atoms with Crippen LogP contribution in [0.15, 0.2) is 18.2 Å². The third kappa shape index (κ3) is 7.44. The number of aliphatic hydroxyl groups is 3. The molecule has 6 nitrogen and oxygen atoms in total. The lowest BCUT2D eigenvalue weighted by Gasteiger charge is -2.24. The van der Waals surface area contributed by atoms with Crippen LogP contribution in [0.3, 0.4) is 0 Å². The molecule has 1 heterocycles. The van der Waals surface area contributed by atoms with E-state index in [4.69, 9.17) is 4.74 Å². The van der Waals surface area contributed by atoms with Crippen LogP contribution in [0.4, 0.5) is 4.39 Å². The molecule has 2 aromatic rings. The van der Waals surface area contributed by atoms with Gasteiger partial charge in [0.05, 0.1) is 28.5 Å². The highest BCUT2D eigenvalue weighted by Gasteiger charge is 2.41. The second-order valence-corrected chi connectivity index (χ2v) is 10.5. The summed E-state index contributed by atoms with van der Waals surface area (Å²) in [6, 6.07) is 4.41. The van der Waals surface area contributed by atoms with E-state index in [1.54, 1.807) is 6.07 Å². The van der Waals surface area contributed by atoms with Crippen molar-refractivity contribution in [3.8, 4) is 0 Å². The van der Waals surface area contributed by atoms with Crippen LogP contribution >= 0.6 is 11.3 Å². The number of benzene rings is 1. The molecule has 8 heteroatoms. The molecule has 1 aliphatic carbocycles. The second kappa shape index (κ2) is 12.2. The topological polar surface area (TPSA) is 99.9 Å². The van der Waals surface area contributed by atoms with Crippen molar-refractivity contribution in [2.45, 2.75) is 96.1 Å². The Hall–Kier alpha value is -1.61. The quantitative estimate of drug-likeness (QED) is 0.295. The van der Waals surface area contributed by atoms with Crippen molar-refractivity contribution < 1.29 is 29.2 Å². The molecule has 1 fully saturated rings. The molecule has 0 aliphatic heterocycles. The SMILES string of the molecule is CC(C)OC(=O)CCCCCC[C@@H]1[C@@H](CCC(O)c2nc3cc(F)ccc3s2)[C@H](O)C[C@@H]1O. The number of hydrogen-bond donors (Lipinski definition) is 3. The summed E-state index contributed by atoms with van der Waals surface area (Å²) in [6.07, 6.45) is 4.29. The monoisotopic (exact) mass is 481 g/mol. The summed E-state index contributed by atoms with van der Waals surface area (Å²) < 4.78 is 19.4. The van der Waals surface area contributed by atoms with Gasteiger partial charge in [0.1, 0.15) is 16.9 Å². The van der Waals surface area contributed by atoms with Crippen molar-refractivity contribution in [2.75, 3.05) is 0 Å². The number of fused-ring (bicyclic) bond motifs is 1.